The van der Waals surface area contributed by atoms with Crippen molar-refractivity contribution in [2.75, 3.05) is 12.4 Å². The number of aliphatic hydroxyl groups is 1. The Hall–Kier alpha value is -2.38. The average Bonchev–Trinajstić information content (AvgIpc) is 2.71. The van der Waals surface area contributed by atoms with Gasteiger partial charge in [0, 0.05) is 11.8 Å². The van der Waals surface area contributed by atoms with Gasteiger partial charge in [0.15, 0.2) is 16.7 Å². The van der Waals surface area contributed by atoms with Crippen molar-refractivity contribution in [2.24, 2.45) is 0 Å². The number of para-hydroxylation sites is 2. The summed E-state index contributed by atoms with van der Waals surface area (Å²) in [7, 11) is 0. The van der Waals surface area contributed by atoms with Gasteiger partial charge in [0.25, 0.3) is 5.56 Å². The number of ether oxygens (including phenoxy) is 1. The Morgan fingerprint density at radius 1 is 1.21 bits per heavy atom. The summed E-state index contributed by atoms with van der Waals surface area (Å²) in [6.07, 6.45) is -0.0507. The minimum Gasteiger partial charge on any atom is -0.488 e. The number of fused-ring (bicyclic) bond motifs is 1. The van der Waals surface area contributed by atoms with Crippen LogP contribution in [-0.4, -0.2) is 33.1 Å². The van der Waals surface area contributed by atoms with Crippen molar-refractivity contribution in [3.8, 4) is 5.75 Å². The highest BCUT2D eigenvalue weighted by Gasteiger charge is 2.17. The third-order valence-corrected chi connectivity index (χ3v) is 5.58. The van der Waals surface area contributed by atoms with Crippen LogP contribution in [0.25, 0.3) is 10.9 Å². The van der Waals surface area contributed by atoms with Crippen LogP contribution in [0.3, 0.4) is 0 Å². The highest BCUT2D eigenvalue weighted by Crippen LogP contribution is 2.23. The van der Waals surface area contributed by atoms with E-state index in [9.17, 15) is 14.3 Å². The fourth-order valence-corrected chi connectivity index (χ4v) is 3.77. The molecule has 0 aliphatic carbocycles. The second-order valence-electron chi connectivity index (χ2n) is 6.55. The lowest BCUT2D eigenvalue weighted by Crippen LogP contribution is -2.27. The summed E-state index contributed by atoms with van der Waals surface area (Å²) in [4.78, 5) is 17.5. The van der Waals surface area contributed by atoms with Crippen molar-refractivity contribution >= 4 is 22.7 Å². The van der Waals surface area contributed by atoms with Crippen LogP contribution in [0.1, 0.15) is 26.3 Å². The fourth-order valence-electron chi connectivity index (χ4n) is 2.77. The highest BCUT2D eigenvalue weighted by molar-refractivity contribution is 7.99. The van der Waals surface area contributed by atoms with Gasteiger partial charge in [-0.05, 0) is 37.6 Å². The van der Waals surface area contributed by atoms with E-state index in [-0.39, 0.29) is 29.7 Å². The number of aliphatic hydroxyl groups excluding tert-OH is 1. The van der Waals surface area contributed by atoms with E-state index in [0.29, 0.717) is 16.1 Å². The Bertz CT molecular complexity index is 1010. The van der Waals surface area contributed by atoms with E-state index in [2.05, 4.69) is 4.98 Å². The Balaban J connectivity index is 1.76. The van der Waals surface area contributed by atoms with Gasteiger partial charge in [0.2, 0.25) is 0 Å². The van der Waals surface area contributed by atoms with Gasteiger partial charge in [-0.1, -0.05) is 43.0 Å². The quantitative estimate of drug-likeness (QED) is 0.455. The van der Waals surface area contributed by atoms with Gasteiger partial charge in [0.1, 0.15) is 6.61 Å². The topological polar surface area (TPSA) is 64.3 Å². The van der Waals surface area contributed by atoms with Crippen LogP contribution in [0.2, 0.25) is 0 Å². The number of rotatable bonds is 8. The van der Waals surface area contributed by atoms with Gasteiger partial charge >= 0.3 is 0 Å². The lowest BCUT2D eigenvalue weighted by atomic mass is 10.2. The lowest BCUT2D eigenvalue weighted by molar-refractivity contribution is 0.123. The lowest BCUT2D eigenvalue weighted by Gasteiger charge is -2.19. The van der Waals surface area contributed by atoms with E-state index in [1.165, 1.54) is 23.9 Å². The molecule has 0 unspecified atom stereocenters. The van der Waals surface area contributed by atoms with Gasteiger partial charge in [-0.15, -0.1) is 0 Å². The molecule has 1 N–H and O–H groups in total. The van der Waals surface area contributed by atoms with Crippen molar-refractivity contribution in [2.45, 2.75) is 37.6 Å². The van der Waals surface area contributed by atoms with Crippen LogP contribution in [0.4, 0.5) is 4.39 Å². The molecule has 0 aliphatic heterocycles. The zero-order valence-electron chi connectivity index (χ0n) is 15.8. The van der Waals surface area contributed by atoms with Crippen LogP contribution >= 0.6 is 11.8 Å². The van der Waals surface area contributed by atoms with Crippen LogP contribution in [0.5, 0.6) is 5.75 Å². The van der Waals surface area contributed by atoms with Gasteiger partial charge < -0.3 is 9.84 Å². The smallest absolute Gasteiger partial charge is 0.262 e. The number of hydrogen-bond acceptors (Lipinski definition) is 5. The van der Waals surface area contributed by atoms with E-state index in [4.69, 9.17) is 4.74 Å². The van der Waals surface area contributed by atoms with Crippen molar-refractivity contribution in [3.05, 3.63) is 64.7 Å². The van der Waals surface area contributed by atoms with Crippen LogP contribution in [0.15, 0.2) is 58.5 Å². The molecule has 0 spiro atoms. The van der Waals surface area contributed by atoms with Gasteiger partial charge in [-0.3, -0.25) is 9.36 Å². The van der Waals surface area contributed by atoms with Crippen LogP contribution in [0, 0.1) is 5.82 Å². The molecule has 3 aromatic rings. The minimum atomic E-state index is -0.835. The maximum absolute atomic E-state index is 13.6. The second kappa shape index (κ2) is 9.21. The Kier molecular flexibility index (Phi) is 6.70. The third-order valence-electron chi connectivity index (χ3n) is 4.48. The predicted octanol–water partition coefficient (Wildman–Crippen LogP) is 4.04. The summed E-state index contributed by atoms with van der Waals surface area (Å²) < 4.78 is 20.6. The molecule has 0 bridgehead atoms. The molecule has 5 nitrogen and oxygen atoms in total. The molecule has 28 heavy (non-hydrogen) atoms. The molecule has 1 aromatic heterocycles. The molecule has 0 amide bonds. The molecule has 0 aliphatic rings. The average molecular weight is 402 g/mol. The van der Waals surface area contributed by atoms with Gasteiger partial charge in [-0.25, -0.2) is 9.37 Å². The fraction of sp³-hybridized carbons (Fsp3) is 0.333. The van der Waals surface area contributed by atoms with Gasteiger partial charge in [0.05, 0.1) is 17.0 Å². The molecular weight excluding hydrogens is 379 g/mol. The van der Waals surface area contributed by atoms with E-state index >= 15 is 0 Å². The first-order valence-corrected chi connectivity index (χ1v) is 10.2. The summed E-state index contributed by atoms with van der Waals surface area (Å²) in [5.41, 5.74) is 0.547. The van der Waals surface area contributed by atoms with Crippen LogP contribution in [-0.2, 0) is 0 Å². The summed E-state index contributed by atoms with van der Waals surface area (Å²) in [5.74, 6) is -0.0913. The molecule has 0 saturated heterocycles. The molecule has 2 aromatic carbocycles. The van der Waals surface area contributed by atoms with E-state index in [1.807, 2.05) is 26.0 Å². The molecule has 148 valence electrons. The standard InChI is InChI=1S/C21H23FN2O3S/c1-3-14(2)24-20(26)16-8-4-6-10-18(16)23-21(24)28-13-15(25)12-27-19-11-7-5-9-17(19)22/h4-11,14-15,25H,3,12-13H2,1-2H3/t14-,15+/m1/s1. The van der Waals surface area contributed by atoms with Crippen molar-refractivity contribution in [1.29, 1.82) is 0 Å². The number of thioether (sulfide) groups is 1. The van der Waals surface area contributed by atoms with E-state index in [1.54, 1.807) is 28.8 Å². The second-order valence-corrected chi connectivity index (χ2v) is 7.54. The van der Waals surface area contributed by atoms with E-state index in [0.717, 1.165) is 6.42 Å². The largest absolute Gasteiger partial charge is 0.488 e. The Labute approximate surface area is 167 Å². The first-order chi connectivity index (χ1) is 13.5. The third kappa shape index (κ3) is 4.54. The molecule has 2 atom stereocenters. The zero-order valence-corrected chi connectivity index (χ0v) is 16.7. The minimum absolute atomic E-state index is 0.0149. The first-order valence-electron chi connectivity index (χ1n) is 9.20. The normalized spacial score (nSPS) is 13.4. The van der Waals surface area contributed by atoms with Crippen molar-refractivity contribution < 1.29 is 14.2 Å². The zero-order chi connectivity index (χ0) is 20.1. The number of benzene rings is 2. The van der Waals surface area contributed by atoms with E-state index < -0.39 is 11.9 Å². The van der Waals surface area contributed by atoms with Crippen LogP contribution < -0.4 is 10.3 Å². The molecule has 7 heteroatoms. The number of hydrogen-bond donors (Lipinski definition) is 1. The monoisotopic (exact) mass is 402 g/mol. The maximum Gasteiger partial charge on any atom is 0.262 e. The number of nitrogens with zero attached hydrogens (tertiary/aromatic N) is 2. The van der Waals surface area contributed by atoms with Crippen molar-refractivity contribution in [3.63, 3.8) is 0 Å². The Morgan fingerprint density at radius 3 is 2.68 bits per heavy atom. The molecule has 3 rings (SSSR count). The molecule has 0 radical (unpaired) electrons. The Morgan fingerprint density at radius 2 is 1.93 bits per heavy atom. The molecule has 1 heterocycles. The predicted molar refractivity (Wildman–Crippen MR) is 110 cm³/mol. The maximum atomic E-state index is 13.6. The summed E-state index contributed by atoms with van der Waals surface area (Å²) in [6.45, 7) is 3.94. The highest BCUT2D eigenvalue weighted by atomic mass is 32.2. The molecule has 0 saturated carbocycles. The molecule has 0 fully saturated rings. The summed E-state index contributed by atoms with van der Waals surface area (Å²) in [6, 6.07) is 13.3. The van der Waals surface area contributed by atoms with Crippen molar-refractivity contribution in [1.82, 2.24) is 9.55 Å². The summed E-state index contributed by atoms with van der Waals surface area (Å²) >= 11 is 1.30. The number of halogens is 1. The number of aromatic nitrogens is 2. The van der Waals surface area contributed by atoms with Gasteiger partial charge in [-0.2, -0.15) is 0 Å². The molecular formula is C21H23FN2O3S. The SMILES string of the molecule is CC[C@@H](C)n1c(SC[C@@H](O)COc2ccccc2F)nc2ccccc2c1=O. The first kappa shape index (κ1) is 20.4. The summed E-state index contributed by atoms with van der Waals surface area (Å²) in [5, 5.41) is 11.4.